The molecule has 188 valence electrons. The van der Waals surface area contributed by atoms with Gasteiger partial charge in [0.25, 0.3) is 0 Å². The number of nitrogens with one attached hydrogen (secondary N) is 2. The molecule has 0 fully saturated rings. The van der Waals surface area contributed by atoms with E-state index in [0.717, 1.165) is 27.9 Å². The zero-order valence-electron chi connectivity index (χ0n) is 21.0. The van der Waals surface area contributed by atoms with E-state index in [1.165, 1.54) is 6.20 Å². The number of aromatic nitrogens is 3. The second kappa shape index (κ2) is 9.80. The van der Waals surface area contributed by atoms with Crippen LogP contribution in [-0.2, 0) is 16.6 Å². The summed E-state index contributed by atoms with van der Waals surface area (Å²) in [4.78, 5) is 4.32. The van der Waals surface area contributed by atoms with Crippen LogP contribution in [0.5, 0.6) is 0 Å². The van der Waals surface area contributed by atoms with E-state index in [0.29, 0.717) is 17.8 Å². The van der Waals surface area contributed by atoms with Gasteiger partial charge in [0.05, 0.1) is 16.9 Å². The van der Waals surface area contributed by atoms with Gasteiger partial charge in [-0.25, -0.2) is 17.7 Å². The van der Waals surface area contributed by atoms with Gasteiger partial charge in [0, 0.05) is 41.8 Å². The normalized spacial score (nSPS) is 12.1. The predicted octanol–water partition coefficient (Wildman–Crippen LogP) is 5.75. The Bertz CT molecular complexity index is 1640. The van der Waals surface area contributed by atoms with Gasteiger partial charge in [0.2, 0.25) is 10.0 Å². The van der Waals surface area contributed by atoms with Crippen LogP contribution in [-0.4, -0.2) is 28.6 Å². The van der Waals surface area contributed by atoms with E-state index in [1.807, 2.05) is 59.2 Å². The smallest absolute Gasteiger partial charge is 0.242 e. The lowest BCUT2D eigenvalue weighted by molar-refractivity contribution is 0.491. The molecular weight excluding hydrogens is 482 g/mol. The monoisotopic (exact) mass is 511 g/mol. The van der Waals surface area contributed by atoms with E-state index < -0.39 is 15.6 Å². The number of hydrogen-bond acceptors (Lipinski definition) is 5. The third kappa shape index (κ3) is 5.55. The van der Waals surface area contributed by atoms with Gasteiger partial charge in [-0.1, -0.05) is 60.7 Å². The van der Waals surface area contributed by atoms with Crippen molar-refractivity contribution in [1.29, 1.82) is 0 Å². The molecule has 0 spiro atoms. The molecule has 37 heavy (non-hydrogen) atoms. The van der Waals surface area contributed by atoms with Crippen molar-refractivity contribution in [1.82, 2.24) is 19.3 Å². The fourth-order valence-corrected chi connectivity index (χ4v) is 5.62. The number of anilines is 1. The lowest BCUT2D eigenvalue weighted by Gasteiger charge is -2.20. The van der Waals surface area contributed by atoms with E-state index >= 15 is 0 Å². The summed E-state index contributed by atoms with van der Waals surface area (Å²) in [6.07, 6.45) is 4.91. The molecule has 0 saturated heterocycles. The maximum atomic E-state index is 12.9. The van der Waals surface area contributed by atoms with Crippen molar-refractivity contribution in [3.63, 3.8) is 0 Å². The van der Waals surface area contributed by atoms with Crippen LogP contribution in [0, 0.1) is 0 Å². The summed E-state index contributed by atoms with van der Waals surface area (Å²) < 4.78 is 30.4. The summed E-state index contributed by atoms with van der Waals surface area (Å²) in [5.74, 6) is 0. The highest BCUT2D eigenvalue weighted by Gasteiger charge is 2.23. The molecule has 0 aliphatic heterocycles. The average molecular weight is 512 g/mol. The summed E-state index contributed by atoms with van der Waals surface area (Å²) in [6.45, 7) is 6.04. The maximum absolute atomic E-state index is 12.9. The standard InChI is InChI=1S/C29H29N5O2S/c1-29(2,3)33-37(35,36)24-16-23(19-30-20-24)26-17-27(31-18-21-10-6-4-7-11-21)28-25(14-15-34(28)32-26)22-12-8-5-9-13-22/h4-17,19-20,31,33H,18H2,1-3H3. The third-order valence-corrected chi connectivity index (χ3v) is 7.51. The summed E-state index contributed by atoms with van der Waals surface area (Å²) in [7, 11) is -3.74. The van der Waals surface area contributed by atoms with Gasteiger partial charge in [-0.15, -0.1) is 0 Å². The zero-order valence-corrected chi connectivity index (χ0v) is 21.8. The molecule has 3 heterocycles. The Morgan fingerprint density at radius 2 is 1.57 bits per heavy atom. The molecule has 0 saturated carbocycles. The van der Waals surface area contributed by atoms with Crippen LogP contribution in [0.25, 0.3) is 27.9 Å². The van der Waals surface area contributed by atoms with Crippen molar-refractivity contribution < 1.29 is 8.42 Å². The molecule has 0 amide bonds. The summed E-state index contributed by atoms with van der Waals surface area (Å²) in [6, 6.07) is 25.9. The molecular formula is C29H29N5O2S. The van der Waals surface area contributed by atoms with Gasteiger partial charge in [0.1, 0.15) is 4.90 Å². The molecule has 5 rings (SSSR count). The first-order chi connectivity index (χ1) is 17.7. The van der Waals surface area contributed by atoms with Gasteiger partial charge >= 0.3 is 0 Å². The van der Waals surface area contributed by atoms with Gasteiger partial charge in [-0.05, 0) is 50.1 Å². The Kier molecular flexibility index (Phi) is 6.54. The summed E-state index contributed by atoms with van der Waals surface area (Å²) in [5.41, 5.74) is 5.73. The van der Waals surface area contributed by atoms with Gasteiger partial charge < -0.3 is 5.32 Å². The first kappa shape index (κ1) is 24.7. The van der Waals surface area contributed by atoms with Crippen LogP contribution in [0.15, 0.2) is 102 Å². The Morgan fingerprint density at radius 3 is 2.27 bits per heavy atom. The Balaban J connectivity index is 1.61. The van der Waals surface area contributed by atoms with Gasteiger partial charge in [0.15, 0.2) is 0 Å². The molecule has 0 atom stereocenters. The van der Waals surface area contributed by atoms with Gasteiger partial charge in [-0.2, -0.15) is 5.10 Å². The van der Waals surface area contributed by atoms with Crippen LogP contribution < -0.4 is 10.0 Å². The minimum atomic E-state index is -3.74. The second-order valence-electron chi connectivity index (χ2n) is 9.94. The molecule has 0 aliphatic carbocycles. The highest BCUT2D eigenvalue weighted by molar-refractivity contribution is 7.89. The second-order valence-corrected chi connectivity index (χ2v) is 11.6. The molecule has 0 unspecified atom stereocenters. The van der Waals surface area contributed by atoms with Crippen molar-refractivity contribution >= 4 is 21.2 Å². The topological polar surface area (TPSA) is 88.4 Å². The molecule has 3 aromatic heterocycles. The molecule has 7 nitrogen and oxygen atoms in total. The highest BCUT2D eigenvalue weighted by atomic mass is 32.2. The Morgan fingerprint density at radius 1 is 0.865 bits per heavy atom. The quantitative estimate of drug-likeness (QED) is 0.290. The third-order valence-electron chi connectivity index (χ3n) is 5.79. The maximum Gasteiger partial charge on any atom is 0.242 e. The fourth-order valence-electron chi connectivity index (χ4n) is 4.21. The van der Waals surface area contributed by atoms with Crippen LogP contribution in [0.2, 0.25) is 0 Å². The zero-order chi connectivity index (χ0) is 26.0. The fraction of sp³-hybridized carbons (Fsp3) is 0.172. The van der Waals surface area contributed by atoms with Crippen molar-refractivity contribution in [2.24, 2.45) is 0 Å². The number of sulfonamides is 1. The molecule has 2 aromatic carbocycles. The lowest BCUT2D eigenvalue weighted by atomic mass is 10.1. The molecule has 0 aliphatic rings. The summed E-state index contributed by atoms with van der Waals surface area (Å²) >= 11 is 0. The van der Waals surface area contributed by atoms with Gasteiger partial charge in [-0.3, -0.25) is 4.98 Å². The minimum absolute atomic E-state index is 0.0955. The van der Waals surface area contributed by atoms with Crippen molar-refractivity contribution in [2.75, 3.05) is 5.32 Å². The van der Waals surface area contributed by atoms with E-state index in [4.69, 9.17) is 5.10 Å². The van der Waals surface area contributed by atoms with Crippen LogP contribution in [0.3, 0.4) is 0 Å². The minimum Gasteiger partial charge on any atom is -0.379 e. The highest BCUT2D eigenvalue weighted by Crippen LogP contribution is 2.33. The van der Waals surface area contributed by atoms with E-state index in [9.17, 15) is 8.42 Å². The van der Waals surface area contributed by atoms with E-state index in [-0.39, 0.29) is 4.90 Å². The molecule has 5 aromatic rings. The number of pyridine rings is 1. The van der Waals surface area contributed by atoms with Crippen molar-refractivity contribution in [3.8, 4) is 22.4 Å². The lowest BCUT2D eigenvalue weighted by Crippen LogP contribution is -2.40. The number of benzene rings is 2. The van der Waals surface area contributed by atoms with Crippen LogP contribution in [0.1, 0.15) is 26.3 Å². The summed E-state index contributed by atoms with van der Waals surface area (Å²) in [5, 5.41) is 8.40. The number of fused-ring (bicyclic) bond motifs is 1. The molecule has 0 radical (unpaired) electrons. The largest absolute Gasteiger partial charge is 0.379 e. The molecule has 8 heteroatoms. The average Bonchev–Trinajstić information content (AvgIpc) is 3.31. The first-order valence-corrected chi connectivity index (χ1v) is 13.5. The number of rotatable bonds is 7. The Hall–Kier alpha value is -4.01. The van der Waals surface area contributed by atoms with E-state index in [1.54, 1.807) is 33.0 Å². The van der Waals surface area contributed by atoms with Crippen LogP contribution >= 0.6 is 0 Å². The Labute approximate surface area is 217 Å². The molecule has 0 bridgehead atoms. The SMILES string of the molecule is CC(C)(C)NS(=O)(=O)c1cncc(-c2cc(NCc3ccccc3)c3c(-c4ccccc4)ccn3n2)c1. The first-order valence-electron chi connectivity index (χ1n) is 12.0. The predicted molar refractivity (Wildman–Crippen MR) is 148 cm³/mol. The molecule has 2 N–H and O–H groups in total. The van der Waals surface area contributed by atoms with Crippen LogP contribution in [0.4, 0.5) is 5.69 Å². The number of hydrogen-bond donors (Lipinski definition) is 2. The number of nitrogens with zero attached hydrogens (tertiary/aromatic N) is 3. The van der Waals surface area contributed by atoms with Crippen molar-refractivity contribution in [3.05, 3.63) is 103 Å². The van der Waals surface area contributed by atoms with Crippen molar-refractivity contribution in [2.45, 2.75) is 37.8 Å². The van der Waals surface area contributed by atoms with E-state index in [2.05, 4.69) is 39.3 Å².